The van der Waals surface area contributed by atoms with Gasteiger partial charge >= 0.3 is 5.69 Å². The van der Waals surface area contributed by atoms with Crippen LogP contribution in [0.15, 0.2) is 40.0 Å². The Morgan fingerprint density at radius 3 is 2.30 bits per heavy atom. The van der Waals surface area contributed by atoms with Crippen molar-refractivity contribution in [3.05, 3.63) is 57.0 Å². The number of rotatable bonds is 3. The zero-order chi connectivity index (χ0) is 16.8. The van der Waals surface area contributed by atoms with Crippen molar-refractivity contribution in [2.45, 2.75) is 18.7 Å². The smallest absolute Gasteiger partial charge is 0.306 e. The van der Waals surface area contributed by atoms with Gasteiger partial charge in [0.2, 0.25) is 0 Å². The first-order chi connectivity index (χ1) is 10.8. The molecular formula is C15H14ClN3O3S. The summed E-state index contributed by atoms with van der Waals surface area (Å²) in [5, 5.41) is 0.476. The monoisotopic (exact) mass is 351 g/mol. The Bertz CT molecular complexity index is 1070. The van der Waals surface area contributed by atoms with Crippen LogP contribution in [0.1, 0.15) is 11.1 Å². The van der Waals surface area contributed by atoms with Gasteiger partial charge in [-0.3, -0.25) is 4.72 Å². The van der Waals surface area contributed by atoms with Gasteiger partial charge in [0.1, 0.15) is 0 Å². The molecule has 0 amide bonds. The molecule has 120 valence electrons. The van der Waals surface area contributed by atoms with E-state index in [4.69, 9.17) is 11.6 Å². The number of H-pyrrole nitrogens is 2. The summed E-state index contributed by atoms with van der Waals surface area (Å²) in [5.41, 5.74) is 2.47. The summed E-state index contributed by atoms with van der Waals surface area (Å²) in [7, 11) is -3.76. The molecule has 0 unspecified atom stereocenters. The van der Waals surface area contributed by atoms with E-state index in [9.17, 15) is 13.2 Å². The van der Waals surface area contributed by atoms with Gasteiger partial charge in [0.15, 0.2) is 0 Å². The van der Waals surface area contributed by atoms with Crippen molar-refractivity contribution in [1.82, 2.24) is 9.97 Å². The largest absolute Gasteiger partial charge is 0.323 e. The van der Waals surface area contributed by atoms with E-state index < -0.39 is 10.0 Å². The Balaban J connectivity index is 2.06. The van der Waals surface area contributed by atoms with Crippen molar-refractivity contribution in [3.63, 3.8) is 0 Å². The van der Waals surface area contributed by atoms with Gasteiger partial charge in [0.25, 0.3) is 10.0 Å². The molecule has 0 fully saturated rings. The third-order valence-corrected chi connectivity index (χ3v) is 5.29. The second kappa shape index (κ2) is 5.43. The number of aromatic amines is 2. The maximum Gasteiger partial charge on any atom is 0.323 e. The summed E-state index contributed by atoms with van der Waals surface area (Å²) < 4.78 is 27.7. The highest BCUT2D eigenvalue weighted by Gasteiger charge is 2.18. The van der Waals surface area contributed by atoms with Crippen molar-refractivity contribution >= 4 is 38.3 Å². The van der Waals surface area contributed by atoms with E-state index in [0.717, 1.165) is 0 Å². The lowest BCUT2D eigenvalue weighted by atomic mass is 10.2. The molecule has 23 heavy (non-hydrogen) atoms. The fraction of sp³-hybridized carbons (Fsp3) is 0.133. The van der Waals surface area contributed by atoms with E-state index in [0.29, 0.717) is 32.9 Å². The minimum Gasteiger partial charge on any atom is -0.306 e. The lowest BCUT2D eigenvalue weighted by molar-refractivity contribution is 0.600. The fourth-order valence-electron chi connectivity index (χ4n) is 2.41. The molecule has 6 nitrogen and oxygen atoms in total. The molecule has 3 rings (SSSR count). The number of sulfonamides is 1. The summed E-state index contributed by atoms with van der Waals surface area (Å²) in [6.45, 7) is 3.44. The van der Waals surface area contributed by atoms with Crippen LogP contribution in [0.5, 0.6) is 0 Å². The number of hydrogen-bond donors (Lipinski definition) is 3. The van der Waals surface area contributed by atoms with Crippen LogP contribution in [0.2, 0.25) is 5.02 Å². The normalized spacial score (nSPS) is 11.8. The Morgan fingerprint density at radius 1 is 1.00 bits per heavy atom. The Kier molecular flexibility index (Phi) is 3.69. The minimum atomic E-state index is -3.76. The van der Waals surface area contributed by atoms with E-state index >= 15 is 0 Å². The van der Waals surface area contributed by atoms with Crippen molar-refractivity contribution in [2.75, 3.05) is 4.72 Å². The predicted octanol–water partition coefficient (Wildman–Crippen LogP) is 2.93. The summed E-state index contributed by atoms with van der Waals surface area (Å²) in [6, 6.07) is 7.88. The molecule has 0 aliphatic carbocycles. The average Bonchev–Trinajstić information content (AvgIpc) is 2.77. The highest BCUT2D eigenvalue weighted by atomic mass is 35.5. The van der Waals surface area contributed by atoms with Crippen molar-refractivity contribution in [3.8, 4) is 0 Å². The van der Waals surface area contributed by atoms with Crippen LogP contribution < -0.4 is 10.4 Å². The first kappa shape index (κ1) is 15.6. The summed E-state index contributed by atoms with van der Waals surface area (Å²) >= 11 is 5.87. The molecule has 0 aliphatic rings. The average molecular weight is 352 g/mol. The Labute approximate surface area is 137 Å². The summed E-state index contributed by atoms with van der Waals surface area (Å²) in [6.07, 6.45) is 0. The number of benzene rings is 2. The molecule has 1 aromatic heterocycles. The molecule has 1 heterocycles. The van der Waals surface area contributed by atoms with Crippen LogP contribution in [-0.4, -0.2) is 18.4 Å². The molecule has 0 saturated carbocycles. The highest BCUT2D eigenvalue weighted by Crippen LogP contribution is 2.26. The molecule has 0 saturated heterocycles. The van der Waals surface area contributed by atoms with Gasteiger partial charge in [0.05, 0.1) is 21.6 Å². The number of nitrogens with one attached hydrogen (secondary N) is 3. The standard InChI is InChI=1S/C15H14ClN3O3S/c1-8-6-12-13(18-15(20)17-12)7-11(8)19-23(21,22)14-4-3-10(16)5-9(14)2/h3-7,19H,1-2H3,(H2,17,18,20). The van der Waals surface area contributed by atoms with Crippen LogP contribution in [0, 0.1) is 13.8 Å². The molecule has 2 aromatic carbocycles. The van der Waals surface area contributed by atoms with Crippen LogP contribution in [0.4, 0.5) is 5.69 Å². The third-order valence-electron chi connectivity index (χ3n) is 3.53. The molecule has 3 aromatic rings. The lowest BCUT2D eigenvalue weighted by Gasteiger charge is -2.12. The first-order valence-corrected chi connectivity index (χ1v) is 8.64. The van der Waals surface area contributed by atoms with Gasteiger partial charge in [-0.1, -0.05) is 11.6 Å². The molecule has 0 radical (unpaired) electrons. The maximum absolute atomic E-state index is 12.6. The molecule has 0 aliphatic heterocycles. The highest BCUT2D eigenvalue weighted by molar-refractivity contribution is 7.92. The van der Waals surface area contributed by atoms with Crippen LogP contribution in [0.3, 0.4) is 0 Å². The first-order valence-electron chi connectivity index (χ1n) is 6.78. The zero-order valence-electron chi connectivity index (χ0n) is 12.4. The summed E-state index contributed by atoms with van der Waals surface area (Å²) in [5.74, 6) is 0. The van der Waals surface area contributed by atoms with E-state index in [1.54, 1.807) is 32.0 Å². The number of aromatic nitrogens is 2. The maximum atomic E-state index is 12.6. The molecule has 8 heteroatoms. The zero-order valence-corrected chi connectivity index (χ0v) is 14.0. The number of anilines is 1. The SMILES string of the molecule is Cc1cc2[nH]c(=O)[nH]c2cc1NS(=O)(=O)c1ccc(Cl)cc1C. The van der Waals surface area contributed by atoms with Gasteiger partial charge in [0, 0.05) is 5.02 Å². The van der Waals surface area contributed by atoms with Gasteiger partial charge < -0.3 is 9.97 Å². The minimum absolute atomic E-state index is 0.156. The van der Waals surface area contributed by atoms with Crippen molar-refractivity contribution in [1.29, 1.82) is 0 Å². The van der Waals surface area contributed by atoms with E-state index in [2.05, 4.69) is 14.7 Å². The Hall–Kier alpha value is -2.25. The number of imidazole rings is 1. The molecular weight excluding hydrogens is 338 g/mol. The van der Waals surface area contributed by atoms with Crippen LogP contribution >= 0.6 is 11.6 Å². The fourth-order valence-corrected chi connectivity index (χ4v) is 3.99. The quantitative estimate of drug-likeness (QED) is 0.677. The van der Waals surface area contributed by atoms with Gasteiger partial charge in [-0.15, -0.1) is 0 Å². The number of aryl methyl sites for hydroxylation is 2. The van der Waals surface area contributed by atoms with Crippen molar-refractivity contribution < 1.29 is 8.42 Å². The van der Waals surface area contributed by atoms with Crippen LogP contribution in [0.25, 0.3) is 11.0 Å². The predicted molar refractivity (Wildman–Crippen MR) is 90.7 cm³/mol. The molecule has 3 N–H and O–H groups in total. The molecule has 0 atom stereocenters. The summed E-state index contributed by atoms with van der Waals surface area (Å²) in [4.78, 5) is 16.7. The lowest BCUT2D eigenvalue weighted by Crippen LogP contribution is -2.15. The second-order valence-electron chi connectivity index (χ2n) is 5.31. The number of fused-ring (bicyclic) bond motifs is 1. The van der Waals surface area contributed by atoms with Crippen LogP contribution in [-0.2, 0) is 10.0 Å². The van der Waals surface area contributed by atoms with E-state index in [-0.39, 0.29) is 10.6 Å². The molecule has 0 spiro atoms. The molecule has 0 bridgehead atoms. The topological polar surface area (TPSA) is 94.8 Å². The third kappa shape index (κ3) is 2.97. The second-order valence-corrected chi connectivity index (χ2v) is 7.39. The van der Waals surface area contributed by atoms with E-state index in [1.807, 2.05) is 0 Å². The number of halogens is 1. The van der Waals surface area contributed by atoms with E-state index in [1.165, 1.54) is 12.1 Å². The van der Waals surface area contributed by atoms with Gasteiger partial charge in [-0.2, -0.15) is 0 Å². The Morgan fingerprint density at radius 2 is 1.65 bits per heavy atom. The van der Waals surface area contributed by atoms with Crippen molar-refractivity contribution in [2.24, 2.45) is 0 Å². The van der Waals surface area contributed by atoms with Gasteiger partial charge in [-0.05, 0) is 55.3 Å². The van der Waals surface area contributed by atoms with Gasteiger partial charge in [-0.25, -0.2) is 13.2 Å². The number of hydrogen-bond acceptors (Lipinski definition) is 3.